The van der Waals surface area contributed by atoms with E-state index in [0.29, 0.717) is 0 Å². The molecule has 1 aliphatic rings. The second-order valence-corrected chi connectivity index (χ2v) is 4.82. The number of halogens is 1. The smallest absolute Gasteiger partial charge is 0.112 e. The van der Waals surface area contributed by atoms with E-state index >= 15 is 0 Å². The summed E-state index contributed by atoms with van der Waals surface area (Å²) < 4.78 is 0.742. The minimum Gasteiger partial charge on any atom is -0.383 e. The molecule has 2 rings (SSSR count). The minimum absolute atomic E-state index is 0.289. The van der Waals surface area contributed by atoms with Crippen molar-refractivity contribution in [2.45, 2.75) is 18.4 Å². The number of aliphatic hydroxyl groups is 1. The third-order valence-electron chi connectivity index (χ3n) is 2.35. The highest BCUT2D eigenvalue weighted by Crippen LogP contribution is 2.43. The molecule has 1 heterocycles. The SMILES string of the molecule is NCC1(O)CCc2cc(Cl)sc21. The summed E-state index contributed by atoms with van der Waals surface area (Å²) in [5.41, 5.74) is 5.87. The zero-order valence-corrected chi connectivity index (χ0v) is 8.08. The van der Waals surface area contributed by atoms with E-state index in [0.717, 1.165) is 27.6 Å². The number of nitrogens with two attached hydrogens (primary N) is 1. The summed E-state index contributed by atoms with van der Waals surface area (Å²) in [4.78, 5) is 0.968. The van der Waals surface area contributed by atoms with E-state index in [-0.39, 0.29) is 6.54 Å². The van der Waals surface area contributed by atoms with Gasteiger partial charge in [0.25, 0.3) is 0 Å². The quantitative estimate of drug-likeness (QED) is 0.727. The lowest BCUT2D eigenvalue weighted by Gasteiger charge is -2.19. The van der Waals surface area contributed by atoms with E-state index in [9.17, 15) is 5.11 Å². The van der Waals surface area contributed by atoms with Gasteiger partial charge in [0, 0.05) is 11.4 Å². The maximum absolute atomic E-state index is 9.99. The van der Waals surface area contributed by atoms with Crippen molar-refractivity contribution in [2.24, 2.45) is 5.73 Å². The van der Waals surface area contributed by atoms with Crippen LogP contribution in [-0.4, -0.2) is 11.7 Å². The number of thiophene rings is 1. The lowest BCUT2D eigenvalue weighted by Crippen LogP contribution is -2.31. The van der Waals surface area contributed by atoms with Crippen LogP contribution in [0.25, 0.3) is 0 Å². The first kappa shape index (κ1) is 8.51. The predicted octanol–water partition coefficient (Wildman–Crippen LogP) is 1.49. The highest BCUT2D eigenvalue weighted by Gasteiger charge is 2.37. The highest BCUT2D eigenvalue weighted by atomic mass is 35.5. The molecule has 0 aromatic carbocycles. The normalized spacial score (nSPS) is 27.6. The van der Waals surface area contributed by atoms with Crippen LogP contribution in [-0.2, 0) is 12.0 Å². The third kappa shape index (κ3) is 1.09. The number of fused-ring (bicyclic) bond motifs is 1. The molecule has 0 fully saturated rings. The number of hydrogen-bond donors (Lipinski definition) is 2. The first-order valence-electron chi connectivity index (χ1n) is 3.87. The third-order valence-corrected chi connectivity index (χ3v) is 3.85. The Labute approximate surface area is 80.0 Å². The van der Waals surface area contributed by atoms with Crippen LogP contribution in [0.3, 0.4) is 0 Å². The largest absolute Gasteiger partial charge is 0.383 e. The van der Waals surface area contributed by atoms with Gasteiger partial charge in [-0.3, -0.25) is 0 Å². The molecular weight excluding hydrogens is 194 g/mol. The van der Waals surface area contributed by atoms with E-state index in [2.05, 4.69) is 0 Å². The van der Waals surface area contributed by atoms with Gasteiger partial charge in [-0.2, -0.15) is 0 Å². The Morgan fingerprint density at radius 3 is 3.17 bits per heavy atom. The Balaban J connectivity index is 2.47. The van der Waals surface area contributed by atoms with Crippen molar-refractivity contribution in [3.63, 3.8) is 0 Å². The van der Waals surface area contributed by atoms with E-state index in [1.165, 1.54) is 11.3 Å². The number of rotatable bonds is 1. The molecule has 0 amide bonds. The number of aryl methyl sites for hydroxylation is 1. The average Bonchev–Trinajstić information content (AvgIpc) is 2.53. The van der Waals surface area contributed by atoms with Crippen molar-refractivity contribution < 1.29 is 5.11 Å². The standard InChI is InChI=1S/C8H10ClNOS/c9-6-3-5-1-2-8(11,4-10)7(5)12-6/h3,11H,1-2,4,10H2. The molecule has 1 aromatic rings. The Bertz CT molecular complexity index is 312. The van der Waals surface area contributed by atoms with Crippen LogP contribution in [0.1, 0.15) is 16.9 Å². The highest BCUT2D eigenvalue weighted by molar-refractivity contribution is 7.16. The second-order valence-electron chi connectivity index (χ2n) is 3.14. The average molecular weight is 204 g/mol. The van der Waals surface area contributed by atoms with Crippen molar-refractivity contribution >= 4 is 22.9 Å². The fourth-order valence-corrected chi connectivity index (χ4v) is 3.05. The van der Waals surface area contributed by atoms with Gasteiger partial charge in [-0.05, 0) is 24.5 Å². The van der Waals surface area contributed by atoms with Gasteiger partial charge >= 0.3 is 0 Å². The Morgan fingerprint density at radius 1 is 1.75 bits per heavy atom. The summed E-state index contributed by atoms with van der Waals surface area (Å²) in [5, 5.41) is 9.99. The molecule has 0 radical (unpaired) electrons. The number of hydrogen-bond acceptors (Lipinski definition) is 3. The topological polar surface area (TPSA) is 46.2 Å². The lowest BCUT2D eigenvalue weighted by molar-refractivity contribution is 0.0514. The van der Waals surface area contributed by atoms with Gasteiger partial charge < -0.3 is 10.8 Å². The summed E-state index contributed by atoms with van der Waals surface area (Å²) in [6.45, 7) is 0.289. The Hall–Kier alpha value is -0.0900. The molecule has 1 aromatic heterocycles. The van der Waals surface area contributed by atoms with E-state index in [4.69, 9.17) is 17.3 Å². The van der Waals surface area contributed by atoms with Crippen molar-refractivity contribution in [3.8, 4) is 0 Å². The molecule has 0 aliphatic heterocycles. The molecule has 3 N–H and O–H groups in total. The summed E-state index contributed by atoms with van der Waals surface area (Å²) in [5.74, 6) is 0. The van der Waals surface area contributed by atoms with Crippen LogP contribution in [0.2, 0.25) is 4.34 Å². The fourth-order valence-electron chi connectivity index (χ4n) is 1.62. The van der Waals surface area contributed by atoms with Crippen LogP contribution in [0.5, 0.6) is 0 Å². The van der Waals surface area contributed by atoms with Crippen LogP contribution >= 0.6 is 22.9 Å². The van der Waals surface area contributed by atoms with Gasteiger partial charge in [0.15, 0.2) is 0 Å². The van der Waals surface area contributed by atoms with E-state index in [1.54, 1.807) is 0 Å². The van der Waals surface area contributed by atoms with Crippen LogP contribution in [0.15, 0.2) is 6.07 Å². The maximum atomic E-state index is 9.99. The molecule has 1 aliphatic carbocycles. The molecule has 0 bridgehead atoms. The monoisotopic (exact) mass is 203 g/mol. The Morgan fingerprint density at radius 2 is 2.50 bits per heavy atom. The van der Waals surface area contributed by atoms with E-state index in [1.807, 2.05) is 6.07 Å². The zero-order chi connectivity index (χ0) is 8.77. The molecule has 0 saturated carbocycles. The fraction of sp³-hybridized carbons (Fsp3) is 0.500. The van der Waals surface area contributed by atoms with Crippen LogP contribution < -0.4 is 5.73 Å². The molecule has 66 valence electrons. The van der Waals surface area contributed by atoms with Gasteiger partial charge in [-0.25, -0.2) is 0 Å². The van der Waals surface area contributed by atoms with Crippen molar-refractivity contribution in [3.05, 3.63) is 20.8 Å². The van der Waals surface area contributed by atoms with Gasteiger partial charge in [-0.1, -0.05) is 11.6 Å². The summed E-state index contributed by atoms with van der Waals surface area (Å²) in [6.07, 6.45) is 1.63. The molecule has 12 heavy (non-hydrogen) atoms. The minimum atomic E-state index is -0.798. The first-order valence-corrected chi connectivity index (χ1v) is 5.06. The van der Waals surface area contributed by atoms with Gasteiger partial charge in [-0.15, -0.1) is 11.3 Å². The first-order chi connectivity index (χ1) is 5.65. The predicted molar refractivity (Wildman–Crippen MR) is 50.6 cm³/mol. The van der Waals surface area contributed by atoms with Crippen molar-refractivity contribution in [1.29, 1.82) is 0 Å². The van der Waals surface area contributed by atoms with Crippen molar-refractivity contribution in [1.82, 2.24) is 0 Å². The van der Waals surface area contributed by atoms with Gasteiger partial charge in [0.1, 0.15) is 5.60 Å². The maximum Gasteiger partial charge on any atom is 0.112 e. The zero-order valence-electron chi connectivity index (χ0n) is 6.51. The van der Waals surface area contributed by atoms with Gasteiger partial charge in [0.2, 0.25) is 0 Å². The molecule has 0 saturated heterocycles. The molecule has 0 spiro atoms. The summed E-state index contributed by atoms with van der Waals surface area (Å²) >= 11 is 7.27. The summed E-state index contributed by atoms with van der Waals surface area (Å²) in [6, 6.07) is 1.93. The van der Waals surface area contributed by atoms with Gasteiger partial charge in [0.05, 0.1) is 4.34 Å². The molecule has 4 heteroatoms. The molecule has 1 atom stereocenters. The van der Waals surface area contributed by atoms with Crippen LogP contribution in [0, 0.1) is 0 Å². The lowest BCUT2D eigenvalue weighted by atomic mass is 10.0. The van der Waals surface area contributed by atoms with E-state index < -0.39 is 5.60 Å². The Kier molecular flexibility index (Phi) is 1.92. The molecule has 1 unspecified atom stereocenters. The van der Waals surface area contributed by atoms with Crippen molar-refractivity contribution in [2.75, 3.05) is 6.54 Å². The summed E-state index contributed by atoms with van der Waals surface area (Å²) in [7, 11) is 0. The van der Waals surface area contributed by atoms with Crippen LogP contribution in [0.4, 0.5) is 0 Å². The molecule has 2 nitrogen and oxygen atoms in total. The molecular formula is C8H10ClNOS. The second kappa shape index (κ2) is 2.70.